The van der Waals surface area contributed by atoms with Crippen LogP contribution in [0.15, 0.2) is 91.0 Å². The van der Waals surface area contributed by atoms with Crippen molar-refractivity contribution in [3.8, 4) is 0 Å². The van der Waals surface area contributed by atoms with Gasteiger partial charge in [-0.25, -0.2) is 9.78 Å². The number of aromatic carboxylic acids is 1. The summed E-state index contributed by atoms with van der Waals surface area (Å²) < 4.78 is 2.17. The fraction of sp³-hybridized carbons (Fsp3) is 0.308. The summed E-state index contributed by atoms with van der Waals surface area (Å²) in [6, 6.07) is 28.9. The van der Waals surface area contributed by atoms with Gasteiger partial charge in [-0.15, -0.1) is 0 Å². The molecule has 1 aliphatic rings. The quantitative estimate of drug-likeness (QED) is 0.137. The largest absolute Gasteiger partial charge is 0.478 e. The zero-order chi connectivity index (χ0) is 34.5. The van der Waals surface area contributed by atoms with Crippen LogP contribution in [-0.4, -0.2) is 75.6 Å². The summed E-state index contributed by atoms with van der Waals surface area (Å²) in [6.45, 7) is 5.95. The second-order valence-electron chi connectivity index (χ2n) is 13.0. The third-order valence-corrected chi connectivity index (χ3v) is 10.2. The van der Waals surface area contributed by atoms with Gasteiger partial charge in [0.25, 0.3) is 5.91 Å². The van der Waals surface area contributed by atoms with Crippen LogP contribution in [0.2, 0.25) is 10.0 Å². The number of carboxylic acid groups (broad SMARTS) is 1. The van der Waals surface area contributed by atoms with Crippen LogP contribution in [0.4, 0.5) is 5.95 Å². The molecule has 6 rings (SSSR count). The first-order chi connectivity index (χ1) is 23.6. The number of piperidine rings is 1. The lowest BCUT2D eigenvalue weighted by Gasteiger charge is -2.34. The maximum absolute atomic E-state index is 13.3. The van der Waals surface area contributed by atoms with Gasteiger partial charge in [-0.2, -0.15) is 0 Å². The number of benzene rings is 4. The van der Waals surface area contributed by atoms with Gasteiger partial charge in [-0.1, -0.05) is 71.2 Å². The number of nitrogens with zero attached hydrogens (tertiary/aromatic N) is 4. The summed E-state index contributed by atoms with van der Waals surface area (Å²) in [6.07, 6.45) is 2.82. The molecule has 0 radical (unpaired) electrons. The van der Waals surface area contributed by atoms with Crippen LogP contribution < -0.4 is 5.32 Å². The van der Waals surface area contributed by atoms with Crippen molar-refractivity contribution in [1.82, 2.24) is 19.4 Å². The molecule has 4 aromatic carbocycles. The second-order valence-corrected chi connectivity index (χ2v) is 13.8. The number of para-hydroxylation sites is 2. The van der Waals surface area contributed by atoms with Crippen LogP contribution in [0.5, 0.6) is 0 Å². The highest BCUT2D eigenvalue weighted by atomic mass is 35.5. The topological polar surface area (TPSA) is 90.7 Å². The van der Waals surface area contributed by atoms with Gasteiger partial charge in [0, 0.05) is 44.2 Å². The Morgan fingerprint density at radius 2 is 1.63 bits per heavy atom. The molecule has 1 aromatic heterocycles. The highest BCUT2D eigenvalue weighted by Crippen LogP contribution is 2.30. The Morgan fingerprint density at radius 1 is 0.939 bits per heavy atom. The number of aromatic nitrogens is 2. The fourth-order valence-electron chi connectivity index (χ4n) is 6.56. The molecular formula is C39H41Cl2N5O3. The van der Waals surface area contributed by atoms with Gasteiger partial charge in [0.05, 0.1) is 33.2 Å². The van der Waals surface area contributed by atoms with Crippen LogP contribution in [0.1, 0.15) is 62.6 Å². The van der Waals surface area contributed by atoms with Crippen molar-refractivity contribution in [3.05, 3.63) is 129 Å². The number of carbonyl (C=O) groups excluding carboxylic acids is 1. The van der Waals surface area contributed by atoms with E-state index in [-0.39, 0.29) is 23.4 Å². The molecule has 0 aliphatic carbocycles. The van der Waals surface area contributed by atoms with Crippen molar-refractivity contribution in [1.29, 1.82) is 0 Å². The van der Waals surface area contributed by atoms with Crippen molar-refractivity contribution < 1.29 is 14.7 Å². The third-order valence-electron chi connectivity index (χ3n) is 9.47. The van der Waals surface area contributed by atoms with Gasteiger partial charge in [0.2, 0.25) is 5.95 Å². The Kier molecular flexibility index (Phi) is 10.9. The van der Waals surface area contributed by atoms with Crippen LogP contribution in [0.3, 0.4) is 0 Å². The number of anilines is 1. The van der Waals surface area contributed by atoms with Crippen molar-refractivity contribution in [2.45, 2.75) is 44.7 Å². The molecule has 0 bridgehead atoms. The number of imidazole rings is 1. The van der Waals surface area contributed by atoms with E-state index in [9.17, 15) is 14.7 Å². The molecule has 10 heteroatoms. The highest BCUT2D eigenvalue weighted by Gasteiger charge is 2.24. The van der Waals surface area contributed by atoms with E-state index < -0.39 is 5.97 Å². The Balaban J connectivity index is 1.09. The summed E-state index contributed by atoms with van der Waals surface area (Å²) in [4.78, 5) is 33.9. The molecule has 1 saturated heterocycles. The first kappa shape index (κ1) is 34.5. The Hall–Kier alpha value is -4.37. The maximum atomic E-state index is 13.3. The number of nitrogens with one attached hydrogen (secondary N) is 1. The Labute approximate surface area is 297 Å². The molecule has 1 unspecified atom stereocenters. The van der Waals surface area contributed by atoms with Gasteiger partial charge in [-0.3, -0.25) is 4.79 Å². The predicted octanol–water partition coefficient (Wildman–Crippen LogP) is 8.22. The third kappa shape index (κ3) is 8.44. The van der Waals surface area contributed by atoms with Gasteiger partial charge in [0.1, 0.15) is 0 Å². The number of carbonyl (C=O) groups is 2. The molecule has 5 aromatic rings. The molecule has 49 heavy (non-hydrogen) atoms. The highest BCUT2D eigenvalue weighted by molar-refractivity contribution is 6.42. The number of hydrogen-bond acceptors (Lipinski definition) is 5. The number of likely N-dealkylation sites (tertiary alicyclic amines) is 1. The average Bonchev–Trinajstić information content (AvgIpc) is 3.44. The molecule has 1 fully saturated rings. The minimum absolute atomic E-state index is 0.000228. The SMILES string of the molecule is Cc1ccc(C(=O)N(C)CC(CCN2CCC(Nc3nc4ccccc4n3Cc3ccc(C(=O)O)cc3)CC2)c2ccc(Cl)c(Cl)c2)cc1. The Morgan fingerprint density at radius 3 is 2.33 bits per heavy atom. The first-order valence-electron chi connectivity index (χ1n) is 16.7. The lowest BCUT2D eigenvalue weighted by Crippen LogP contribution is -2.40. The predicted molar refractivity (Wildman–Crippen MR) is 197 cm³/mol. The molecule has 1 atom stereocenters. The molecule has 8 nitrogen and oxygen atoms in total. The minimum atomic E-state index is -0.932. The molecule has 0 spiro atoms. The van der Waals surface area contributed by atoms with Gasteiger partial charge < -0.3 is 24.8 Å². The minimum Gasteiger partial charge on any atom is -0.478 e. The summed E-state index contributed by atoms with van der Waals surface area (Å²) >= 11 is 12.7. The number of aryl methyl sites for hydroxylation is 1. The van der Waals surface area contributed by atoms with Crippen LogP contribution in [-0.2, 0) is 6.54 Å². The summed E-state index contributed by atoms with van der Waals surface area (Å²) in [5.41, 5.74) is 6.11. The molecular weight excluding hydrogens is 657 g/mol. The number of likely N-dealkylation sites (N-methyl/N-ethyl adjacent to an activating group) is 1. The second kappa shape index (κ2) is 15.5. The lowest BCUT2D eigenvalue weighted by atomic mass is 9.94. The summed E-state index contributed by atoms with van der Waals surface area (Å²) in [5.74, 6) is -0.0172. The molecule has 1 aliphatic heterocycles. The number of carboxylic acids is 1. The zero-order valence-electron chi connectivity index (χ0n) is 27.8. The molecule has 1 amide bonds. The lowest BCUT2D eigenvalue weighted by molar-refractivity contribution is 0.0696. The van der Waals surface area contributed by atoms with Gasteiger partial charge in [-0.05, 0) is 92.4 Å². The van der Waals surface area contributed by atoms with E-state index in [1.165, 1.54) is 0 Å². The summed E-state index contributed by atoms with van der Waals surface area (Å²) in [5, 5.41) is 14.1. The number of amides is 1. The molecule has 2 N–H and O–H groups in total. The monoisotopic (exact) mass is 697 g/mol. The molecule has 254 valence electrons. The number of rotatable bonds is 12. The van der Waals surface area contributed by atoms with Crippen molar-refractivity contribution in [2.75, 3.05) is 38.5 Å². The van der Waals surface area contributed by atoms with Crippen LogP contribution >= 0.6 is 23.2 Å². The van der Waals surface area contributed by atoms with Crippen molar-refractivity contribution in [2.24, 2.45) is 0 Å². The van der Waals surface area contributed by atoms with Crippen LogP contribution in [0, 0.1) is 6.92 Å². The first-order valence-corrected chi connectivity index (χ1v) is 17.4. The van der Waals surface area contributed by atoms with Crippen molar-refractivity contribution >= 4 is 52.1 Å². The maximum Gasteiger partial charge on any atom is 0.335 e. The van der Waals surface area contributed by atoms with E-state index in [0.29, 0.717) is 28.7 Å². The van der Waals surface area contributed by atoms with Gasteiger partial charge in [0.15, 0.2) is 0 Å². The van der Waals surface area contributed by atoms with E-state index in [2.05, 4.69) is 20.9 Å². The number of halogens is 2. The smallest absolute Gasteiger partial charge is 0.335 e. The van der Waals surface area contributed by atoms with E-state index in [1.54, 1.807) is 17.0 Å². The van der Waals surface area contributed by atoms with E-state index in [1.807, 2.05) is 86.8 Å². The standard InChI is InChI=1S/C39H41Cl2N5O3/c1-26-7-11-28(12-8-26)37(47)44(2)25-31(30-15-16-33(40)34(41)23-30)17-20-45-21-18-32(19-22-45)42-39-43-35-5-3-4-6-36(35)46(39)24-27-9-13-29(14-10-27)38(48)49/h3-16,23,31-32H,17-22,24-25H2,1-2H3,(H,42,43)(H,48,49). The van der Waals surface area contributed by atoms with Crippen molar-refractivity contribution in [3.63, 3.8) is 0 Å². The molecule has 2 heterocycles. The van der Waals surface area contributed by atoms with E-state index >= 15 is 0 Å². The molecule has 0 saturated carbocycles. The normalized spacial score (nSPS) is 14.5. The average molecular weight is 699 g/mol. The van der Waals surface area contributed by atoms with E-state index in [4.69, 9.17) is 28.2 Å². The number of hydrogen-bond donors (Lipinski definition) is 2. The van der Waals surface area contributed by atoms with Gasteiger partial charge >= 0.3 is 5.97 Å². The summed E-state index contributed by atoms with van der Waals surface area (Å²) in [7, 11) is 1.86. The number of fused-ring (bicyclic) bond motifs is 1. The van der Waals surface area contributed by atoms with E-state index in [0.717, 1.165) is 72.6 Å². The fourth-order valence-corrected chi connectivity index (χ4v) is 6.87. The Bertz CT molecular complexity index is 1920. The van der Waals surface area contributed by atoms with Crippen LogP contribution in [0.25, 0.3) is 11.0 Å². The zero-order valence-corrected chi connectivity index (χ0v) is 29.3.